The molecular formula is C33H36N4O9. The number of hydrogen-bond acceptors (Lipinski definition) is 13. The molecule has 0 radical (unpaired) electrons. The number of hydrogen-bond donors (Lipinski definition) is 1. The second-order valence-corrected chi connectivity index (χ2v) is 11.1. The van der Waals surface area contributed by atoms with Gasteiger partial charge in [0.25, 0.3) is 0 Å². The summed E-state index contributed by atoms with van der Waals surface area (Å²) >= 11 is 0. The van der Waals surface area contributed by atoms with Crippen molar-refractivity contribution < 1.29 is 43.3 Å². The molecule has 242 valence electrons. The van der Waals surface area contributed by atoms with Gasteiger partial charge in [-0.2, -0.15) is 10.5 Å². The van der Waals surface area contributed by atoms with Gasteiger partial charge in [0.15, 0.2) is 11.6 Å². The van der Waals surface area contributed by atoms with E-state index in [-0.39, 0.29) is 55.2 Å². The lowest BCUT2D eigenvalue weighted by Gasteiger charge is -2.24. The Kier molecular flexibility index (Phi) is 12.4. The van der Waals surface area contributed by atoms with E-state index in [1.165, 1.54) is 31.6 Å². The van der Waals surface area contributed by atoms with Gasteiger partial charge in [0.1, 0.15) is 28.2 Å². The van der Waals surface area contributed by atoms with E-state index < -0.39 is 34.5 Å². The molecule has 1 N–H and O–H groups in total. The van der Waals surface area contributed by atoms with Crippen LogP contribution in [0.5, 0.6) is 0 Å². The van der Waals surface area contributed by atoms with Crippen LogP contribution in [-0.2, 0) is 57.1 Å². The summed E-state index contributed by atoms with van der Waals surface area (Å²) in [7, 11) is 1.22. The number of aromatic nitrogens is 2. The van der Waals surface area contributed by atoms with Gasteiger partial charge in [-0.25, -0.2) is 4.79 Å². The van der Waals surface area contributed by atoms with E-state index in [1.54, 1.807) is 53.7 Å². The molecule has 0 saturated carbocycles. The largest absolute Gasteiger partial charge is 0.506 e. The lowest BCUT2D eigenvalue weighted by molar-refractivity contribution is -0.149. The Balaban J connectivity index is 0.000000321. The van der Waals surface area contributed by atoms with Gasteiger partial charge in [-0.1, -0.05) is 0 Å². The molecule has 13 nitrogen and oxygen atoms in total. The number of pyridine rings is 2. The minimum absolute atomic E-state index is 0.00933. The van der Waals surface area contributed by atoms with Crippen molar-refractivity contribution in [3.8, 4) is 12.1 Å². The first kappa shape index (κ1) is 36.8. The predicted octanol–water partition coefficient (Wildman–Crippen LogP) is 3.57. The molecular weight excluding hydrogens is 596 g/mol. The lowest BCUT2D eigenvalue weighted by Crippen LogP contribution is -2.32. The summed E-state index contributed by atoms with van der Waals surface area (Å²) in [6, 6.07) is 6.44. The summed E-state index contributed by atoms with van der Waals surface area (Å²) in [6.45, 7) is 10.5. The number of nitrogens with zero attached hydrogens (tertiary/aromatic N) is 4. The highest BCUT2D eigenvalue weighted by molar-refractivity contribution is 6.08. The van der Waals surface area contributed by atoms with Crippen LogP contribution in [0.4, 0.5) is 0 Å². The molecule has 13 heteroatoms. The molecule has 1 aliphatic carbocycles. The van der Waals surface area contributed by atoms with Crippen LogP contribution in [0.15, 0.2) is 30.1 Å². The molecule has 0 atom stereocenters. The SMILES string of the molecule is CCOC(=O)C(C)(C)c1cc(C(=O)OC)c(CC(=O)CC#N)cn1.CCOC(=O)C(C)(C)c1cc2c(cn1)CC(=O)C(C#N)=C2O. The highest BCUT2D eigenvalue weighted by Gasteiger charge is 2.36. The zero-order valence-electron chi connectivity index (χ0n) is 26.8. The van der Waals surface area contributed by atoms with Gasteiger partial charge in [0, 0.05) is 30.8 Å². The van der Waals surface area contributed by atoms with Crippen LogP contribution in [0.25, 0.3) is 5.76 Å². The van der Waals surface area contributed by atoms with Crippen LogP contribution >= 0.6 is 0 Å². The number of allylic oxidation sites excluding steroid dienone is 1. The van der Waals surface area contributed by atoms with E-state index in [1.807, 2.05) is 0 Å². The maximum Gasteiger partial charge on any atom is 0.338 e. The van der Waals surface area contributed by atoms with Crippen molar-refractivity contribution in [2.24, 2.45) is 0 Å². The second kappa shape index (κ2) is 15.5. The van der Waals surface area contributed by atoms with Gasteiger partial charge in [0.05, 0.1) is 49.8 Å². The van der Waals surface area contributed by atoms with E-state index in [4.69, 9.17) is 24.7 Å². The van der Waals surface area contributed by atoms with Crippen molar-refractivity contribution >= 4 is 35.2 Å². The van der Waals surface area contributed by atoms with Gasteiger partial charge in [-0.15, -0.1) is 0 Å². The molecule has 0 amide bonds. The van der Waals surface area contributed by atoms with E-state index in [0.717, 1.165) is 0 Å². The van der Waals surface area contributed by atoms with Crippen LogP contribution in [0.1, 0.15) is 86.4 Å². The standard InChI is InChI=1S/C17H20N2O5.C16H16N2O4/c1-5-24-16(22)17(2,3)14-9-13(15(21)23-4)11(10-19-14)8-12(20)6-7-18;1-4-22-15(21)16(2,3)13-6-10-9(8-18-13)5-12(19)11(7-17)14(10)20/h9-10H,5-6,8H2,1-4H3;6,8,20H,4-5H2,1-3H3. The number of esters is 3. The number of carbonyl (C=O) groups excluding carboxylic acids is 5. The second-order valence-electron chi connectivity index (χ2n) is 11.1. The number of aliphatic hydroxyl groups excluding tert-OH is 1. The topological polar surface area (TPSA) is 207 Å². The number of aliphatic hydroxyl groups is 1. The molecule has 0 spiro atoms. The molecule has 1 aliphatic rings. The Labute approximate surface area is 266 Å². The fourth-order valence-corrected chi connectivity index (χ4v) is 4.29. The van der Waals surface area contributed by atoms with Gasteiger partial charge in [-0.05, 0) is 64.8 Å². The van der Waals surface area contributed by atoms with E-state index in [2.05, 4.69) is 9.97 Å². The third-order valence-electron chi connectivity index (χ3n) is 7.13. The Morgan fingerprint density at radius 1 is 0.935 bits per heavy atom. The molecule has 3 rings (SSSR count). The Morgan fingerprint density at radius 2 is 1.48 bits per heavy atom. The average Bonchev–Trinajstić information content (AvgIpc) is 3.01. The first-order valence-corrected chi connectivity index (χ1v) is 14.3. The number of methoxy groups -OCH3 is 1. The number of nitriles is 2. The van der Waals surface area contributed by atoms with Crippen molar-refractivity contribution in [3.63, 3.8) is 0 Å². The van der Waals surface area contributed by atoms with Crippen LogP contribution in [-0.4, -0.2) is 64.9 Å². The maximum atomic E-state index is 12.1. The fourth-order valence-electron chi connectivity index (χ4n) is 4.29. The van der Waals surface area contributed by atoms with Gasteiger partial charge in [0.2, 0.25) is 0 Å². The molecule has 0 aliphatic heterocycles. The highest BCUT2D eigenvalue weighted by atomic mass is 16.5. The molecule has 46 heavy (non-hydrogen) atoms. The molecule has 2 heterocycles. The first-order valence-electron chi connectivity index (χ1n) is 14.3. The molecule has 2 aromatic heterocycles. The molecule has 0 fully saturated rings. The van der Waals surface area contributed by atoms with E-state index >= 15 is 0 Å². The average molecular weight is 633 g/mol. The number of fused-ring (bicyclic) bond motifs is 1. The number of rotatable bonds is 10. The summed E-state index contributed by atoms with van der Waals surface area (Å²) in [5, 5.41) is 27.7. The quantitative estimate of drug-likeness (QED) is 0.294. The minimum Gasteiger partial charge on any atom is -0.506 e. The maximum absolute atomic E-state index is 12.1. The number of carbonyl (C=O) groups is 5. The zero-order valence-corrected chi connectivity index (χ0v) is 26.8. The zero-order chi connectivity index (χ0) is 34.8. The van der Waals surface area contributed by atoms with Crippen molar-refractivity contribution in [3.05, 3.63) is 63.7 Å². The van der Waals surface area contributed by atoms with Crippen molar-refractivity contribution in [2.75, 3.05) is 20.3 Å². The molecule has 0 saturated heterocycles. The van der Waals surface area contributed by atoms with Crippen molar-refractivity contribution in [2.45, 2.75) is 71.6 Å². The van der Waals surface area contributed by atoms with E-state index in [0.29, 0.717) is 28.1 Å². The third-order valence-corrected chi connectivity index (χ3v) is 7.13. The van der Waals surface area contributed by atoms with Crippen molar-refractivity contribution in [1.82, 2.24) is 9.97 Å². The summed E-state index contributed by atoms with van der Waals surface area (Å²) in [5.41, 5.74) is -0.201. The van der Waals surface area contributed by atoms with E-state index in [9.17, 15) is 29.1 Å². The summed E-state index contributed by atoms with van der Waals surface area (Å²) < 4.78 is 14.8. The first-order chi connectivity index (χ1) is 21.6. The summed E-state index contributed by atoms with van der Waals surface area (Å²) in [6.07, 6.45) is 2.46. The summed E-state index contributed by atoms with van der Waals surface area (Å²) in [5.74, 6) is -2.68. The summed E-state index contributed by atoms with van der Waals surface area (Å²) in [4.78, 5) is 68.0. The molecule has 0 aromatic carbocycles. The van der Waals surface area contributed by atoms with Gasteiger partial charge in [-0.3, -0.25) is 29.1 Å². The van der Waals surface area contributed by atoms with Crippen LogP contribution in [0.2, 0.25) is 0 Å². The Hall–Kier alpha value is -5.43. The Morgan fingerprint density at radius 3 is 1.98 bits per heavy atom. The van der Waals surface area contributed by atoms with Crippen LogP contribution < -0.4 is 0 Å². The molecule has 0 bridgehead atoms. The predicted molar refractivity (Wildman–Crippen MR) is 162 cm³/mol. The smallest absolute Gasteiger partial charge is 0.338 e. The number of ether oxygens (including phenoxy) is 3. The van der Waals surface area contributed by atoms with Gasteiger partial charge < -0.3 is 19.3 Å². The van der Waals surface area contributed by atoms with Crippen LogP contribution in [0, 0.1) is 22.7 Å². The normalized spacial score (nSPS) is 12.4. The molecule has 0 unspecified atom stereocenters. The van der Waals surface area contributed by atoms with Gasteiger partial charge >= 0.3 is 17.9 Å². The Bertz CT molecular complexity index is 1660. The fraction of sp³-hybridized carbons (Fsp3) is 0.424. The number of ketones is 2. The van der Waals surface area contributed by atoms with Crippen LogP contribution in [0.3, 0.4) is 0 Å². The van der Waals surface area contributed by atoms with Crippen molar-refractivity contribution in [1.29, 1.82) is 10.5 Å². The minimum atomic E-state index is -1.06. The third kappa shape index (κ3) is 8.18. The highest BCUT2D eigenvalue weighted by Crippen LogP contribution is 2.31. The monoisotopic (exact) mass is 632 g/mol. The lowest BCUT2D eigenvalue weighted by atomic mass is 9.84. The molecule has 2 aromatic rings. The number of Topliss-reactive ketones (excluding diaryl/α,β-unsaturated/α-hetero) is 2.